The summed E-state index contributed by atoms with van der Waals surface area (Å²) in [5.41, 5.74) is 1.10. The molecule has 3 rings (SSSR count). The van der Waals surface area contributed by atoms with Crippen LogP contribution in [0.15, 0.2) is 12.1 Å². The Morgan fingerprint density at radius 2 is 2.27 bits per heavy atom. The van der Waals surface area contributed by atoms with E-state index in [2.05, 4.69) is 5.32 Å². The van der Waals surface area contributed by atoms with Gasteiger partial charge in [-0.2, -0.15) is 0 Å². The number of carbonyl (C=O) groups is 1. The van der Waals surface area contributed by atoms with E-state index in [-0.39, 0.29) is 18.0 Å². The number of nitrogens with zero attached hydrogens (tertiary/aromatic N) is 1. The molecule has 120 valence electrons. The second kappa shape index (κ2) is 6.30. The van der Waals surface area contributed by atoms with Crippen LogP contribution < -0.4 is 5.32 Å². The predicted molar refractivity (Wildman–Crippen MR) is 77.4 cm³/mol. The fourth-order valence-corrected chi connectivity index (χ4v) is 3.27. The molecule has 0 radical (unpaired) electrons. The molecular weight excluding hydrogens is 290 g/mol. The minimum Gasteiger partial charge on any atom is -0.378 e. The molecule has 1 fully saturated rings. The Morgan fingerprint density at radius 3 is 3.00 bits per heavy atom. The molecule has 1 aromatic carbocycles. The first-order valence-corrected chi connectivity index (χ1v) is 7.64. The molecule has 1 saturated heterocycles. The Kier molecular flexibility index (Phi) is 4.40. The summed E-state index contributed by atoms with van der Waals surface area (Å²) in [5.74, 6) is -1.12. The highest BCUT2D eigenvalue weighted by Crippen LogP contribution is 2.32. The quantitative estimate of drug-likeness (QED) is 0.905. The summed E-state index contributed by atoms with van der Waals surface area (Å²) in [5, 5.41) is 3.25. The van der Waals surface area contributed by atoms with Crippen LogP contribution in [0.4, 0.5) is 8.78 Å². The van der Waals surface area contributed by atoms with Crippen molar-refractivity contribution in [3.8, 4) is 0 Å². The van der Waals surface area contributed by atoms with E-state index >= 15 is 0 Å². The minimum atomic E-state index is -0.597. The number of halogens is 2. The van der Waals surface area contributed by atoms with Crippen molar-refractivity contribution in [1.82, 2.24) is 10.2 Å². The van der Waals surface area contributed by atoms with Gasteiger partial charge in [-0.15, -0.1) is 0 Å². The molecular formula is C16H20F2N2O2. The van der Waals surface area contributed by atoms with Gasteiger partial charge in [0.2, 0.25) is 5.91 Å². The number of hydrogen-bond donors (Lipinski definition) is 1. The van der Waals surface area contributed by atoms with Crippen molar-refractivity contribution >= 4 is 5.91 Å². The van der Waals surface area contributed by atoms with Crippen molar-refractivity contribution < 1.29 is 18.3 Å². The molecule has 1 aromatic rings. The van der Waals surface area contributed by atoms with Crippen LogP contribution in [-0.4, -0.2) is 43.2 Å². The minimum absolute atomic E-state index is 0.00850. The zero-order valence-electron chi connectivity index (χ0n) is 12.6. The van der Waals surface area contributed by atoms with Crippen LogP contribution >= 0.6 is 0 Å². The normalized spacial score (nSPS) is 25.0. The van der Waals surface area contributed by atoms with Crippen LogP contribution in [0.5, 0.6) is 0 Å². The lowest BCUT2D eigenvalue weighted by atomic mass is 9.92. The van der Waals surface area contributed by atoms with Crippen molar-refractivity contribution in [2.75, 3.05) is 26.3 Å². The van der Waals surface area contributed by atoms with Gasteiger partial charge in [-0.05, 0) is 30.5 Å². The number of ether oxygens (including phenoxy) is 1. The molecule has 6 heteroatoms. The van der Waals surface area contributed by atoms with Crippen molar-refractivity contribution in [2.24, 2.45) is 0 Å². The molecule has 0 spiro atoms. The van der Waals surface area contributed by atoms with Crippen LogP contribution in [-0.2, 0) is 16.0 Å². The maximum absolute atomic E-state index is 13.8. The second-order valence-corrected chi connectivity index (χ2v) is 5.90. The van der Waals surface area contributed by atoms with Crippen LogP contribution in [0, 0.1) is 11.6 Å². The smallest absolute Gasteiger partial charge is 0.224 e. The zero-order chi connectivity index (χ0) is 15.7. The number of benzene rings is 1. The number of morpholine rings is 1. The maximum atomic E-state index is 13.8. The third-order valence-corrected chi connectivity index (χ3v) is 4.45. The first-order valence-electron chi connectivity index (χ1n) is 7.64. The molecule has 1 N–H and O–H groups in total. The highest BCUT2D eigenvalue weighted by Gasteiger charge is 2.31. The lowest BCUT2D eigenvalue weighted by Crippen LogP contribution is -2.46. The molecule has 2 heterocycles. The summed E-state index contributed by atoms with van der Waals surface area (Å²) in [4.78, 5) is 14.2. The second-order valence-electron chi connectivity index (χ2n) is 5.90. The molecule has 2 aliphatic heterocycles. The summed E-state index contributed by atoms with van der Waals surface area (Å²) in [6.07, 6.45) is 0.767. The predicted octanol–water partition coefficient (Wildman–Crippen LogP) is 1.79. The Labute approximate surface area is 128 Å². The first kappa shape index (κ1) is 15.4. The molecule has 0 saturated carbocycles. The number of amides is 1. The van der Waals surface area contributed by atoms with Gasteiger partial charge < -0.3 is 15.0 Å². The Morgan fingerprint density at radius 1 is 1.45 bits per heavy atom. The summed E-state index contributed by atoms with van der Waals surface area (Å²) < 4.78 is 32.6. The largest absolute Gasteiger partial charge is 0.378 e. The van der Waals surface area contributed by atoms with Gasteiger partial charge in [0.05, 0.1) is 19.3 Å². The summed E-state index contributed by atoms with van der Waals surface area (Å²) >= 11 is 0. The third kappa shape index (κ3) is 2.98. The summed E-state index contributed by atoms with van der Waals surface area (Å²) in [7, 11) is 0. The van der Waals surface area contributed by atoms with Gasteiger partial charge in [-0.1, -0.05) is 0 Å². The van der Waals surface area contributed by atoms with Gasteiger partial charge in [-0.25, -0.2) is 8.78 Å². The van der Waals surface area contributed by atoms with E-state index in [4.69, 9.17) is 4.74 Å². The number of nitrogens with one attached hydrogen (secondary N) is 1. The lowest BCUT2D eigenvalue weighted by Gasteiger charge is -2.36. The van der Waals surface area contributed by atoms with Crippen LogP contribution in [0.2, 0.25) is 0 Å². The van der Waals surface area contributed by atoms with Gasteiger partial charge in [0.15, 0.2) is 0 Å². The lowest BCUT2D eigenvalue weighted by molar-refractivity contribution is -0.135. The zero-order valence-corrected chi connectivity index (χ0v) is 12.6. The molecule has 4 nitrogen and oxygen atoms in total. The average molecular weight is 310 g/mol. The fourth-order valence-electron chi connectivity index (χ4n) is 3.27. The van der Waals surface area contributed by atoms with E-state index < -0.39 is 11.6 Å². The fraction of sp³-hybridized carbons (Fsp3) is 0.562. The van der Waals surface area contributed by atoms with E-state index in [1.807, 2.05) is 6.92 Å². The van der Waals surface area contributed by atoms with Gasteiger partial charge >= 0.3 is 0 Å². The van der Waals surface area contributed by atoms with E-state index in [1.165, 1.54) is 6.07 Å². The van der Waals surface area contributed by atoms with Crippen molar-refractivity contribution in [2.45, 2.75) is 31.8 Å². The topological polar surface area (TPSA) is 41.6 Å². The van der Waals surface area contributed by atoms with E-state index in [9.17, 15) is 13.6 Å². The summed E-state index contributed by atoms with van der Waals surface area (Å²) in [6, 6.07) is 1.95. The SMILES string of the molecule is C[C@@H]1c2cc(F)cc(F)c2CCN1C(=O)C[C@@H]1COCCN1. The van der Waals surface area contributed by atoms with Gasteiger partial charge in [-0.3, -0.25) is 4.79 Å². The Balaban J connectivity index is 1.74. The monoisotopic (exact) mass is 310 g/mol. The number of carbonyl (C=O) groups excluding carboxylic acids is 1. The highest BCUT2D eigenvalue weighted by atomic mass is 19.1. The number of hydrogen-bond acceptors (Lipinski definition) is 3. The molecule has 0 bridgehead atoms. The van der Waals surface area contributed by atoms with Gasteiger partial charge in [0.25, 0.3) is 0 Å². The van der Waals surface area contributed by atoms with E-state index in [0.717, 1.165) is 12.6 Å². The van der Waals surface area contributed by atoms with Crippen LogP contribution in [0.1, 0.15) is 30.5 Å². The molecule has 0 aliphatic carbocycles. The molecule has 22 heavy (non-hydrogen) atoms. The standard InChI is InChI=1S/C16H20F2N2O2/c1-10-14-6-11(17)7-15(18)13(14)2-4-20(10)16(21)8-12-9-22-5-3-19-12/h6-7,10,12,19H,2-5,8-9H2,1H3/t10-,12-/m1/s1. The van der Waals surface area contributed by atoms with Gasteiger partial charge in [0, 0.05) is 31.6 Å². The highest BCUT2D eigenvalue weighted by molar-refractivity contribution is 5.77. The molecule has 1 amide bonds. The Hall–Kier alpha value is -1.53. The van der Waals surface area contributed by atoms with Crippen molar-refractivity contribution in [3.63, 3.8) is 0 Å². The van der Waals surface area contributed by atoms with E-state index in [0.29, 0.717) is 43.7 Å². The van der Waals surface area contributed by atoms with Crippen LogP contribution in [0.25, 0.3) is 0 Å². The summed E-state index contributed by atoms with van der Waals surface area (Å²) in [6.45, 7) is 4.21. The number of fused-ring (bicyclic) bond motifs is 1. The molecule has 0 aromatic heterocycles. The van der Waals surface area contributed by atoms with E-state index in [1.54, 1.807) is 4.90 Å². The number of rotatable bonds is 2. The molecule has 0 unspecified atom stereocenters. The van der Waals surface area contributed by atoms with Crippen molar-refractivity contribution in [1.29, 1.82) is 0 Å². The van der Waals surface area contributed by atoms with Crippen molar-refractivity contribution in [3.05, 3.63) is 34.9 Å². The Bertz CT molecular complexity index is 574. The van der Waals surface area contributed by atoms with Crippen LogP contribution in [0.3, 0.4) is 0 Å². The third-order valence-electron chi connectivity index (χ3n) is 4.45. The maximum Gasteiger partial charge on any atom is 0.224 e. The first-order chi connectivity index (χ1) is 10.6. The van der Waals surface area contributed by atoms with Gasteiger partial charge in [0.1, 0.15) is 11.6 Å². The average Bonchev–Trinajstić information content (AvgIpc) is 2.49. The molecule has 2 atom stereocenters. The molecule has 2 aliphatic rings.